The molecule has 1 rings (SSSR count). The standard InChI is InChI=1S/C16H33N3O2/c1-5-6-7-8-14(2)19-15(17-3)18-13-16(20-4)9-11-21-12-10-16/h14H,5-13H2,1-4H3,(H2,17,18,19). The van der Waals surface area contributed by atoms with Gasteiger partial charge in [0, 0.05) is 52.8 Å². The van der Waals surface area contributed by atoms with Gasteiger partial charge >= 0.3 is 0 Å². The summed E-state index contributed by atoms with van der Waals surface area (Å²) in [7, 11) is 3.61. The zero-order valence-electron chi connectivity index (χ0n) is 14.2. The number of unbranched alkanes of at least 4 members (excludes halogenated alkanes) is 2. The maximum Gasteiger partial charge on any atom is 0.191 e. The molecule has 1 fully saturated rings. The second-order valence-electron chi connectivity index (χ2n) is 5.97. The summed E-state index contributed by atoms with van der Waals surface area (Å²) in [5, 5.41) is 6.87. The topological polar surface area (TPSA) is 54.9 Å². The number of nitrogens with one attached hydrogen (secondary N) is 2. The Hall–Kier alpha value is -0.810. The smallest absolute Gasteiger partial charge is 0.191 e. The second kappa shape index (κ2) is 10.0. The fourth-order valence-electron chi connectivity index (χ4n) is 2.64. The monoisotopic (exact) mass is 299 g/mol. The lowest BCUT2D eigenvalue weighted by molar-refractivity contribution is -0.0855. The van der Waals surface area contributed by atoms with Crippen molar-refractivity contribution in [3.8, 4) is 0 Å². The summed E-state index contributed by atoms with van der Waals surface area (Å²) in [5.41, 5.74) is -0.124. The van der Waals surface area contributed by atoms with Crippen molar-refractivity contribution in [3.63, 3.8) is 0 Å². The van der Waals surface area contributed by atoms with Crippen LogP contribution in [-0.2, 0) is 9.47 Å². The molecule has 0 bridgehead atoms. The summed E-state index contributed by atoms with van der Waals surface area (Å²) in [4.78, 5) is 4.31. The van der Waals surface area contributed by atoms with Crippen LogP contribution in [0.15, 0.2) is 4.99 Å². The van der Waals surface area contributed by atoms with Gasteiger partial charge in [-0.3, -0.25) is 4.99 Å². The van der Waals surface area contributed by atoms with E-state index in [-0.39, 0.29) is 5.60 Å². The molecule has 0 aliphatic carbocycles. The Bertz CT molecular complexity index is 302. The summed E-state index contributed by atoms with van der Waals surface area (Å²) in [6.07, 6.45) is 6.86. The first kappa shape index (κ1) is 18.2. The van der Waals surface area contributed by atoms with E-state index in [4.69, 9.17) is 9.47 Å². The maximum absolute atomic E-state index is 5.73. The molecule has 0 radical (unpaired) electrons. The van der Waals surface area contributed by atoms with E-state index >= 15 is 0 Å². The van der Waals surface area contributed by atoms with E-state index in [2.05, 4.69) is 29.5 Å². The van der Waals surface area contributed by atoms with Crippen LogP contribution in [0.1, 0.15) is 52.4 Å². The summed E-state index contributed by atoms with van der Waals surface area (Å²) in [5.74, 6) is 0.863. The molecule has 0 saturated carbocycles. The number of hydrogen-bond acceptors (Lipinski definition) is 3. The molecule has 1 aliphatic rings. The quantitative estimate of drug-likeness (QED) is 0.410. The van der Waals surface area contributed by atoms with Gasteiger partial charge in [-0.15, -0.1) is 0 Å². The normalized spacial score (nSPS) is 20.1. The zero-order chi connectivity index (χ0) is 15.6. The maximum atomic E-state index is 5.73. The molecule has 0 spiro atoms. The van der Waals surface area contributed by atoms with Gasteiger partial charge in [0.15, 0.2) is 5.96 Å². The number of aliphatic imine (C=N–C) groups is 1. The van der Waals surface area contributed by atoms with Crippen LogP contribution in [0.3, 0.4) is 0 Å². The highest BCUT2D eigenvalue weighted by atomic mass is 16.5. The Morgan fingerprint density at radius 2 is 2.05 bits per heavy atom. The van der Waals surface area contributed by atoms with Gasteiger partial charge in [-0.2, -0.15) is 0 Å². The van der Waals surface area contributed by atoms with Crippen LogP contribution < -0.4 is 10.6 Å². The molecular weight excluding hydrogens is 266 g/mol. The summed E-state index contributed by atoms with van der Waals surface area (Å²) in [6, 6.07) is 0.441. The first-order chi connectivity index (χ1) is 10.2. The van der Waals surface area contributed by atoms with E-state index in [1.807, 2.05) is 7.05 Å². The fraction of sp³-hybridized carbons (Fsp3) is 0.938. The number of methoxy groups -OCH3 is 1. The Kier molecular flexibility index (Phi) is 8.69. The second-order valence-corrected chi connectivity index (χ2v) is 5.97. The molecule has 0 aromatic heterocycles. The van der Waals surface area contributed by atoms with E-state index in [0.717, 1.165) is 38.6 Å². The zero-order valence-corrected chi connectivity index (χ0v) is 14.2. The van der Waals surface area contributed by atoms with Crippen LogP contribution in [0.5, 0.6) is 0 Å². The molecule has 1 aliphatic heterocycles. The van der Waals surface area contributed by atoms with Gasteiger partial charge < -0.3 is 20.1 Å². The summed E-state index contributed by atoms with van der Waals surface area (Å²) < 4.78 is 11.2. The Labute approximate surface area is 129 Å². The first-order valence-corrected chi connectivity index (χ1v) is 8.26. The molecule has 1 atom stereocenters. The van der Waals surface area contributed by atoms with Crippen LogP contribution in [0.25, 0.3) is 0 Å². The minimum atomic E-state index is -0.124. The minimum Gasteiger partial charge on any atom is -0.381 e. The van der Waals surface area contributed by atoms with Crippen LogP contribution in [-0.4, -0.2) is 51.5 Å². The summed E-state index contributed by atoms with van der Waals surface area (Å²) in [6.45, 7) is 6.76. The molecule has 21 heavy (non-hydrogen) atoms. The van der Waals surface area contributed by atoms with Crippen molar-refractivity contribution in [2.45, 2.75) is 64.0 Å². The van der Waals surface area contributed by atoms with Crippen molar-refractivity contribution in [1.29, 1.82) is 0 Å². The molecule has 124 valence electrons. The number of guanidine groups is 1. The molecular formula is C16H33N3O2. The highest BCUT2D eigenvalue weighted by Gasteiger charge is 2.32. The Morgan fingerprint density at radius 1 is 1.33 bits per heavy atom. The van der Waals surface area contributed by atoms with E-state index in [9.17, 15) is 0 Å². The predicted octanol–water partition coefficient (Wildman–Crippen LogP) is 2.32. The molecule has 2 N–H and O–H groups in total. The van der Waals surface area contributed by atoms with Gasteiger partial charge in [0.05, 0.1) is 5.60 Å². The third-order valence-corrected chi connectivity index (χ3v) is 4.26. The SMILES string of the molecule is CCCCCC(C)NC(=NC)NCC1(OC)CCOCC1. The average Bonchev–Trinajstić information content (AvgIpc) is 2.52. The number of rotatable bonds is 8. The van der Waals surface area contributed by atoms with E-state index in [1.165, 1.54) is 25.7 Å². The van der Waals surface area contributed by atoms with Crippen molar-refractivity contribution < 1.29 is 9.47 Å². The van der Waals surface area contributed by atoms with Gasteiger partial charge in [0.25, 0.3) is 0 Å². The van der Waals surface area contributed by atoms with E-state index < -0.39 is 0 Å². The lowest BCUT2D eigenvalue weighted by atomic mass is 9.94. The molecule has 5 heteroatoms. The largest absolute Gasteiger partial charge is 0.381 e. The van der Waals surface area contributed by atoms with Crippen LogP contribution >= 0.6 is 0 Å². The van der Waals surface area contributed by atoms with Gasteiger partial charge in [-0.25, -0.2) is 0 Å². The molecule has 1 unspecified atom stereocenters. The molecule has 5 nitrogen and oxygen atoms in total. The Morgan fingerprint density at radius 3 is 2.62 bits per heavy atom. The highest BCUT2D eigenvalue weighted by Crippen LogP contribution is 2.23. The fourth-order valence-corrected chi connectivity index (χ4v) is 2.64. The number of ether oxygens (including phenoxy) is 2. The minimum absolute atomic E-state index is 0.124. The number of hydrogen-bond donors (Lipinski definition) is 2. The summed E-state index contributed by atoms with van der Waals surface area (Å²) >= 11 is 0. The Balaban J connectivity index is 2.36. The molecule has 0 amide bonds. The van der Waals surface area contributed by atoms with Gasteiger partial charge in [-0.05, 0) is 13.3 Å². The van der Waals surface area contributed by atoms with Crippen LogP contribution in [0.2, 0.25) is 0 Å². The lowest BCUT2D eigenvalue weighted by Crippen LogP contribution is -2.52. The third-order valence-electron chi connectivity index (χ3n) is 4.26. The lowest BCUT2D eigenvalue weighted by Gasteiger charge is -2.36. The highest BCUT2D eigenvalue weighted by molar-refractivity contribution is 5.80. The van der Waals surface area contributed by atoms with Crippen LogP contribution in [0.4, 0.5) is 0 Å². The van der Waals surface area contributed by atoms with Gasteiger partial charge in [0.2, 0.25) is 0 Å². The van der Waals surface area contributed by atoms with Gasteiger partial charge in [-0.1, -0.05) is 26.2 Å². The van der Waals surface area contributed by atoms with E-state index in [1.54, 1.807) is 7.11 Å². The molecule has 0 aromatic rings. The third kappa shape index (κ3) is 6.66. The predicted molar refractivity (Wildman–Crippen MR) is 87.9 cm³/mol. The van der Waals surface area contributed by atoms with Crippen molar-refractivity contribution in [2.75, 3.05) is 33.9 Å². The van der Waals surface area contributed by atoms with Crippen molar-refractivity contribution >= 4 is 5.96 Å². The van der Waals surface area contributed by atoms with Gasteiger partial charge in [0.1, 0.15) is 0 Å². The van der Waals surface area contributed by atoms with Crippen molar-refractivity contribution in [3.05, 3.63) is 0 Å². The molecule has 1 saturated heterocycles. The van der Waals surface area contributed by atoms with Crippen molar-refractivity contribution in [2.24, 2.45) is 4.99 Å². The van der Waals surface area contributed by atoms with Crippen molar-refractivity contribution in [1.82, 2.24) is 10.6 Å². The number of nitrogens with zero attached hydrogens (tertiary/aromatic N) is 1. The van der Waals surface area contributed by atoms with Crippen LogP contribution in [0, 0.1) is 0 Å². The average molecular weight is 299 g/mol. The first-order valence-electron chi connectivity index (χ1n) is 8.26. The molecule has 0 aromatic carbocycles. The van der Waals surface area contributed by atoms with E-state index in [0.29, 0.717) is 6.04 Å². The molecule has 1 heterocycles.